The van der Waals surface area contributed by atoms with Crippen LogP contribution in [0.15, 0.2) is 30.3 Å². The average molecular weight is 250 g/mol. The smallest absolute Gasteiger partial charge is 0.223 e. The number of rotatable bonds is 6. The summed E-state index contributed by atoms with van der Waals surface area (Å²) in [5.74, 6) is 0.0850. The van der Waals surface area contributed by atoms with Crippen LogP contribution in [0.4, 0.5) is 0 Å². The number of benzene rings is 1. The highest BCUT2D eigenvalue weighted by atomic mass is 16.3. The number of carbonyl (C=O) groups excluding carboxylic acids is 1. The first-order valence-corrected chi connectivity index (χ1v) is 6.12. The summed E-state index contributed by atoms with van der Waals surface area (Å²) in [5, 5.41) is 13.4. The van der Waals surface area contributed by atoms with Crippen molar-refractivity contribution in [1.29, 1.82) is 0 Å². The lowest BCUT2D eigenvalue weighted by Gasteiger charge is -2.24. The van der Waals surface area contributed by atoms with Gasteiger partial charge < -0.3 is 15.3 Å². The summed E-state index contributed by atoms with van der Waals surface area (Å²) in [5.41, 5.74) is -0.0426. The molecule has 0 spiro atoms. The summed E-state index contributed by atoms with van der Waals surface area (Å²) < 4.78 is 0. The largest absolute Gasteiger partial charge is 0.384 e. The van der Waals surface area contributed by atoms with Crippen molar-refractivity contribution in [2.24, 2.45) is 0 Å². The van der Waals surface area contributed by atoms with E-state index in [-0.39, 0.29) is 5.91 Å². The van der Waals surface area contributed by atoms with Gasteiger partial charge in [0.15, 0.2) is 0 Å². The number of aliphatic hydroxyl groups is 1. The Morgan fingerprint density at radius 3 is 2.50 bits per heavy atom. The molecule has 1 amide bonds. The molecular weight excluding hydrogens is 228 g/mol. The van der Waals surface area contributed by atoms with Crippen LogP contribution >= 0.6 is 0 Å². The molecule has 0 aliphatic carbocycles. The molecule has 0 bridgehead atoms. The van der Waals surface area contributed by atoms with E-state index in [0.717, 1.165) is 5.56 Å². The van der Waals surface area contributed by atoms with Crippen molar-refractivity contribution < 1.29 is 9.90 Å². The second-order valence-corrected chi connectivity index (χ2v) is 4.85. The summed E-state index contributed by atoms with van der Waals surface area (Å²) in [6.45, 7) is 2.76. The molecule has 0 heterocycles. The van der Waals surface area contributed by atoms with Crippen LogP contribution in [0.1, 0.15) is 18.9 Å². The van der Waals surface area contributed by atoms with E-state index in [4.69, 9.17) is 0 Å². The maximum absolute atomic E-state index is 11.4. The molecule has 100 valence electrons. The number of carbonyl (C=O) groups is 1. The molecule has 4 heteroatoms. The van der Waals surface area contributed by atoms with Gasteiger partial charge in [-0.2, -0.15) is 0 Å². The van der Waals surface area contributed by atoms with E-state index in [9.17, 15) is 9.90 Å². The van der Waals surface area contributed by atoms with E-state index in [1.807, 2.05) is 30.3 Å². The number of hydrogen-bond donors (Lipinski definition) is 2. The second-order valence-electron chi connectivity index (χ2n) is 4.85. The van der Waals surface area contributed by atoms with Gasteiger partial charge in [-0.05, 0) is 12.5 Å². The Morgan fingerprint density at radius 2 is 1.94 bits per heavy atom. The van der Waals surface area contributed by atoms with Gasteiger partial charge in [0.2, 0.25) is 5.91 Å². The van der Waals surface area contributed by atoms with Gasteiger partial charge in [0, 0.05) is 33.6 Å². The zero-order valence-electron chi connectivity index (χ0n) is 11.3. The minimum Gasteiger partial charge on any atom is -0.384 e. The molecule has 18 heavy (non-hydrogen) atoms. The fourth-order valence-corrected chi connectivity index (χ4v) is 1.65. The average Bonchev–Trinajstić information content (AvgIpc) is 2.35. The lowest BCUT2D eigenvalue weighted by Crippen LogP contribution is -2.37. The Hall–Kier alpha value is -1.39. The van der Waals surface area contributed by atoms with Crippen LogP contribution in [0.3, 0.4) is 0 Å². The highest BCUT2D eigenvalue weighted by Crippen LogP contribution is 2.18. The molecule has 0 aromatic heterocycles. The third-order valence-corrected chi connectivity index (χ3v) is 2.88. The highest BCUT2D eigenvalue weighted by molar-refractivity contribution is 5.75. The third kappa shape index (κ3) is 4.47. The van der Waals surface area contributed by atoms with Crippen LogP contribution in [-0.2, 0) is 10.4 Å². The molecule has 2 N–H and O–H groups in total. The first-order valence-electron chi connectivity index (χ1n) is 6.12. The Labute approximate surface area is 109 Å². The van der Waals surface area contributed by atoms with Crippen LogP contribution in [0, 0.1) is 0 Å². The second kappa shape index (κ2) is 6.52. The van der Waals surface area contributed by atoms with Crippen molar-refractivity contribution in [3.05, 3.63) is 35.9 Å². The van der Waals surface area contributed by atoms with Crippen LogP contribution < -0.4 is 5.32 Å². The van der Waals surface area contributed by atoms with Crippen molar-refractivity contribution in [2.45, 2.75) is 18.9 Å². The standard InChI is InChI=1S/C14H22N2O2/c1-14(18,12-7-5-4-6-8-12)11-15-10-9-13(17)16(2)3/h4-8,15,18H,9-11H2,1-3H3. The molecule has 0 saturated carbocycles. The molecule has 0 aliphatic heterocycles. The summed E-state index contributed by atoms with van der Waals surface area (Å²) >= 11 is 0. The van der Waals surface area contributed by atoms with Crippen LogP contribution in [-0.4, -0.2) is 43.1 Å². The summed E-state index contributed by atoms with van der Waals surface area (Å²) in [6, 6.07) is 9.51. The monoisotopic (exact) mass is 250 g/mol. The van der Waals surface area contributed by atoms with Gasteiger partial charge in [-0.3, -0.25) is 4.79 Å². The van der Waals surface area contributed by atoms with E-state index in [2.05, 4.69) is 5.32 Å². The van der Waals surface area contributed by atoms with Gasteiger partial charge in [-0.25, -0.2) is 0 Å². The summed E-state index contributed by atoms with van der Waals surface area (Å²) in [6.07, 6.45) is 0.442. The molecule has 1 rings (SSSR count). The Morgan fingerprint density at radius 1 is 1.33 bits per heavy atom. The lowest BCUT2D eigenvalue weighted by atomic mass is 9.96. The Bertz CT molecular complexity index is 375. The van der Waals surface area contributed by atoms with Crippen molar-refractivity contribution in [1.82, 2.24) is 10.2 Å². The topological polar surface area (TPSA) is 52.6 Å². The molecule has 1 aromatic rings. The Kier molecular flexibility index (Phi) is 5.31. The van der Waals surface area contributed by atoms with Crippen molar-refractivity contribution in [3.63, 3.8) is 0 Å². The molecule has 0 aliphatic rings. The number of amides is 1. The van der Waals surface area contributed by atoms with Crippen LogP contribution in [0.25, 0.3) is 0 Å². The Balaban J connectivity index is 2.37. The first kappa shape index (κ1) is 14.7. The summed E-state index contributed by atoms with van der Waals surface area (Å²) in [7, 11) is 3.48. The molecule has 0 radical (unpaired) electrons. The molecule has 4 nitrogen and oxygen atoms in total. The zero-order chi connectivity index (χ0) is 13.6. The zero-order valence-corrected chi connectivity index (χ0v) is 11.3. The molecular formula is C14H22N2O2. The third-order valence-electron chi connectivity index (χ3n) is 2.88. The van der Waals surface area contributed by atoms with Crippen molar-refractivity contribution in [2.75, 3.05) is 27.2 Å². The number of hydrogen-bond acceptors (Lipinski definition) is 3. The molecule has 1 unspecified atom stereocenters. The van der Waals surface area contributed by atoms with E-state index >= 15 is 0 Å². The van der Waals surface area contributed by atoms with Gasteiger partial charge >= 0.3 is 0 Å². The molecule has 1 atom stereocenters. The van der Waals surface area contributed by atoms with E-state index in [1.165, 1.54) is 0 Å². The quantitative estimate of drug-likeness (QED) is 0.740. The van der Waals surface area contributed by atoms with Gasteiger partial charge in [0.25, 0.3) is 0 Å². The highest BCUT2D eigenvalue weighted by Gasteiger charge is 2.21. The van der Waals surface area contributed by atoms with Crippen molar-refractivity contribution >= 4 is 5.91 Å². The van der Waals surface area contributed by atoms with E-state index < -0.39 is 5.60 Å². The molecule has 0 saturated heterocycles. The van der Waals surface area contributed by atoms with Gasteiger partial charge in [0.1, 0.15) is 0 Å². The molecule has 1 aromatic carbocycles. The lowest BCUT2D eigenvalue weighted by molar-refractivity contribution is -0.128. The normalized spacial score (nSPS) is 14.0. The first-order chi connectivity index (χ1) is 8.43. The van der Waals surface area contributed by atoms with E-state index in [1.54, 1.807) is 25.9 Å². The predicted molar refractivity (Wildman–Crippen MR) is 72.2 cm³/mol. The fourth-order valence-electron chi connectivity index (χ4n) is 1.65. The van der Waals surface area contributed by atoms with Crippen LogP contribution in [0.2, 0.25) is 0 Å². The summed E-state index contributed by atoms with van der Waals surface area (Å²) in [4.78, 5) is 12.9. The maximum Gasteiger partial charge on any atom is 0.223 e. The number of nitrogens with one attached hydrogen (secondary N) is 1. The fraction of sp³-hybridized carbons (Fsp3) is 0.500. The minimum atomic E-state index is -0.914. The predicted octanol–water partition coefficient (Wildman–Crippen LogP) is 0.962. The van der Waals surface area contributed by atoms with E-state index in [0.29, 0.717) is 19.5 Å². The van der Waals surface area contributed by atoms with Gasteiger partial charge in [-0.15, -0.1) is 0 Å². The van der Waals surface area contributed by atoms with Crippen LogP contribution in [0.5, 0.6) is 0 Å². The van der Waals surface area contributed by atoms with Gasteiger partial charge in [0.05, 0.1) is 5.60 Å². The SMILES string of the molecule is CN(C)C(=O)CCNCC(C)(O)c1ccccc1. The molecule has 0 fully saturated rings. The number of nitrogens with zero attached hydrogens (tertiary/aromatic N) is 1. The van der Waals surface area contributed by atoms with Gasteiger partial charge in [-0.1, -0.05) is 30.3 Å². The minimum absolute atomic E-state index is 0.0850. The maximum atomic E-state index is 11.4. The van der Waals surface area contributed by atoms with Crippen molar-refractivity contribution in [3.8, 4) is 0 Å².